The predicted molar refractivity (Wildman–Crippen MR) is 83.4 cm³/mol. The largest absolute Gasteiger partial charge is 0.378 e. The van der Waals surface area contributed by atoms with Crippen molar-refractivity contribution >= 4 is 45.8 Å². The number of aromatic nitrogens is 2. The first-order valence-electron chi connectivity index (χ1n) is 6.24. The summed E-state index contributed by atoms with van der Waals surface area (Å²) in [6.07, 6.45) is 3.85. The van der Waals surface area contributed by atoms with E-state index in [1.54, 1.807) is 0 Å². The Morgan fingerprint density at radius 2 is 2.39 bits per heavy atom. The Morgan fingerprint density at radius 1 is 1.50 bits per heavy atom. The van der Waals surface area contributed by atoms with Crippen LogP contribution in [0, 0.1) is 8.34 Å². The maximum atomic E-state index is 5.66. The summed E-state index contributed by atoms with van der Waals surface area (Å²) < 4.78 is 9.88. The van der Waals surface area contributed by atoms with Gasteiger partial charge in [0.1, 0.15) is 0 Å². The number of benzene rings is 1. The summed E-state index contributed by atoms with van der Waals surface area (Å²) in [4.78, 5) is 3.28. The summed E-state index contributed by atoms with van der Waals surface area (Å²) in [5.41, 5.74) is 2.32. The lowest BCUT2D eigenvalue weighted by atomic mass is 10.2. The minimum atomic E-state index is 0.417. The Kier molecular flexibility index (Phi) is 3.72. The number of nitrogens with zero attached hydrogens (tertiary/aromatic N) is 1. The van der Waals surface area contributed by atoms with E-state index < -0.39 is 0 Å². The number of ether oxygens (including phenoxy) is 1. The van der Waals surface area contributed by atoms with Gasteiger partial charge < -0.3 is 14.3 Å². The molecule has 2 aromatic rings. The molecule has 0 radical (unpaired) electrons. The number of halogens is 1. The van der Waals surface area contributed by atoms with Crippen LogP contribution in [-0.2, 0) is 11.3 Å². The van der Waals surface area contributed by atoms with Gasteiger partial charge in [0.2, 0.25) is 0 Å². The Balaban J connectivity index is 1.86. The molecule has 1 unspecified atom stereocenters. The molecule has 2 heterocycles. The summed E-state index contributed by atoms with van der Waals surface area (Å²) in [5, 5.41) is 0. The number of fused-ring (bicyclic) bond motifs is 1. The van der Waals surface area contributed by atoms with Crippen molar-refractivity contribution < 1.29 is 4.74 Å². The molecule has 5 heteroatoms. The van der Waals surface area contributed by atoms with E-state index in [9.17, 15) is 0 Å². The normalized spacial score (nSPS) is 19.7. The third-order valence-corrected chi connectivity index (χ3v) is 4.43. The highest BCUT2D eigenvalue weighted by atomic mass is 127. The van der Waals surface area contributed by atoms with Gasteiger partial charge in [-0.25, -0.2) is 0 Å². The van der Waals surface area contributed by atoms with Crippen LogP contribution in [0.25, 0.3) is 11.0 Å². The van der Waals surface area contributed by atoms with Crippen LogP contribution >= 0.6 is 34.8 Å². The van der Waals surface area contributed by atoms with E-state index in [1.165, 1.54) is 21.9 Å². The van der Waals surface area contributed by atoms with Gasteiger partial charge in [-0.2, -0.15) is 0 Å². The number of hydrogen-bond donors (Lipinski definition) is 1. The number of aromatic amines is 1. The van der Waals surface area contributed by atoms with Crippen LogP contribution in [0.1, 0.15) is 19.3 Å². The highest BCUT2D eigenvalue weighted by molar-refractivity contribution is 14.1. The third kappa shape index (κ3) is 2.48. The zero-order valence-corrected chi connectivity index (χ0v) is 13.0. The number of aryl methyl sites for hydroxylation is 1. The molecule has 1 aliphatic rings. The highest BCUT2D eigenvalue weighted by Gasteiger charge is 2.16. The van der Waals surface area contributed by atoms with Crippen LogP contribution < -0.4 is 0 Å². The van der Waals surface area contributed by atoms with Crippen molar-refractivity contribution in [2.45, 2.75) is 31.9 Å². The topological polar surface area (TPSA) is 29.9 Å². The molecule has 0 bridgehead atoms. The molecule has 0 spiro atoms. The van der Waals surface area contributed by atoms with Crippen molar-refractivity contribution in [2.24, 2.45) is 0 Å². The maximum Gasteiger partial charge on any atom is 0.178 e. The second kappa shape index (κ2) is 5.30. The average Bonchev–Trinajstić information content (AvgIpc) is 2.93. The highest BCUT2D eigenvalue weighted by Crippen LogP contribution is 2.20. The van der Waals surface area contributed by atoms with Crippen molar-refractivity contribution in [1.82, 2.24) is 9.55 Å². The molecule has 1 saturated heterocycles. The lowest BCUT2D eigenvalue weighted by molar-refractivity contribution is 0.101. The van der Waals surface area contributed by atoms with Gasteiger partial charge >= 0.3 is 0 Å². The number of imidazole rings is 1. The van der Waals surface area contributed by atoms with Crippen LogP contribution in [0.4, 0.5) is 0 Å². The summed E-state index contributed by atoms with van der Waals surface area (Å²) in [6.45, 7) is 1.85. The van der Waals surface area contributed by atoms with E-state index in [-0.39, 0.29) is 0 Å². The molecule has 1 aromatic carbocycles. The molecule has 3 nitrogen and oxygen atoms in total. The summed E-state index contributed by atoms with van der Waals surface area (Å²) in [5.74, 6) is 0. The molecule has 3 rings (SSSR count). The first-order valence-corrected chi connectivity index (χ1v) is 7.72. The van der Waals surface area contributed by atoms with Gasteiger partial charge in [0, 0.05) is 16.7 Å². The second-order valence-corrected chi connectivity index (χ2v) is 6.30. The molecule has 0 saturated carbocycles. The molecule has 1 fully saturated rings. The van der Waals surface area contributed by atoms with Gasteiger partial charge in [-0.3, -0.25) is 0 Å². The van der Waals surface area contributed by atoms with Gasteiger partial charge in [-0.15, -0.1) is 0 Å². The van der Waals surface area contributed by atoms with Crippen LogP contribution in [0.3, 0.4) is 0 Å². The van der Waals surface area contributed by atoms with E-state index >= 15 is 0 Å². The molecule has 1 aliphatic heterocycles. The summed E-state index contributed by atoms with van der Waals surface area (Å²) in [7, 11) is 0. The van der Waals surface area contributed by atoms with Gasteiger partial charge in [0.05, 0.1) is 17.1 Å². The molecular weight excluding hydrogens is 359 g/mol. The minimum absolute atomic E-state index is 0.417. The zero-order valence-electron chi connectivity index (χ0n) is 9.99. The average molecular weight is 374 g/mol. The van der Waals surface area contributed by atoms with Gasteiger partial charge in [0.15, 0.2) is 4.77 Å². The zero-order chi connectivity index (χ0) is 12.5. The molecule has 1 N–H and O–H groups in total. The second-order valence-electron chi connectivity index (χ2n) is 4.67. The van der Waals surface area contributed by atoms with E-state index in [2.05, 4.69) is 50.3 Å². The standard InChI is InChI=1S/C13H15IN2OS/c14-9-3-4-12-11(8-9)15-13(18)16(12)6-5-10-2-1-7-17-10/h3-4,8,10H,1-2,5-7H2,(H,15,18). The molecule has 0 aliphatic carbocycles. The van der Waals surface area contributed by atoms with Crippen LogP contribution in [0.2, 0.25) is 0 Å². The number of nitrogens with one attached hydrogen (secondary N) is 1. The fourth-order valence-corrected chi connectivity index (χ4v) is 3.29. The lowest BCUT2D eigenvalue weighted by Gasteiger charge is -2.10. The summed E-state index contributed by atoms with van der Waals surface area (Å²) >= 11 is 7.72. The SMILES string of the molecule is S=c1[nH]c2cc(I)ccc2n1CCC1CCCO1. The van der Waals surface area contributed by atoms with Crippen LogP contribution in [-0.4, -0.2) is 22.3 Å². The summed E-state index contributed by atoms with van der Waals surface area (Å²) in [6, 6.07) is 6.39. The van der Waals surface area contributed by atoms with Crippen molar-refractivity contribution in [3.63, 3.8) is 0 Å². The van der Waals surface area contributed by atoms with E-state index in [4.69, 9.17) is 17.0 Å². The fraction of sp³-hybridized carbons (Fsp3) is 0.462. The first-order chi connectivity index (χ1) is 8.74. The molecule has 96 valence electrons. The fourth-order valence-electron chi connectivity index (χ4n) is 2.50. The van der Waals surface area contributed by atoms with Crippen LogP contribution in [0.5, 0.6) is 0 Å². The Hall–Kier alpha value is -0.400. The van der Waals surface area contributed by atoms with Gasteiger partial charge in [-0.05, 0) is 72.3 Å². The molecular formula is C13H15IN2OS. The van der Waals surface area contributed by atoms with Crippen LogP contribution in [0.15, 0.2) is 18.2 Å². The first kappa shape index (κ1) is 12.6. The molecule has 1 aromatic heterocycles. The van der Waals surface area contributed by atoms with Crippen molar-refractivity contribution in [1.29, 1.82) is 0 Å². The molecule has 18 heavy (non-hydrogen) atoms. The van der Waals surface area contributed by atoms with Crippen molar-refractivity contribution in [3.8, 4) is 0 Å². The van der Waals surface area contributed by atoms with Gasteiger partial charge in [0.25, 0.3) is 0 Å². The monoisotopic (exact) mass is 374 g/mol. The van der Waals surface area contributed by atoms with E-state index in [0.29, 0.717) is 6.10 Å². The Labute approximate surface area is 125 Å². The predicted octanol–water partition coefficient (Wildman–Crippen LogP) is 3.87. The Morgan fingerprint density at radius 3 is 3.17 bits per heavy atom. The number of hydrogen-bond acceptors (Lipinski definition) is 2. The maximum absolute atomic E-state index is 5.66. The molecule has 0 amide bonds. The number of H-pyrrole nitrogens is 1. The number of rotatable bonds is 3. The quantitative estimate of drug-likeness (QED) is 0.653. The van der Waals surface area contributed by atoms with E-state index in [0.717, 1.165) is 29.9 Å². The lowest BCUT2D eigenvalue weighted by Crippen LogP contribution is -2.10. The smallest absolute Gasteiger partial charge is 0.178 e. The van der Waals surface area contributed by atoms with Gasteiger partial charge in [-0.1, -0.05) is 0 Å². The third-order valence-electron chi connectivity index (χ3n) is 3.43. The van der Waals surface area contributed by atoms with Crippen molar-refractivity contribution in [2.75, 3.05) is 6.61 Å². The van der Waals surface area contributed by atoms with E-state index in [1.807, 2.05) is 0 Å². The molecule has 1 atom stereocenters. The Bertz CT molecular complexity index is 613. The van der Waals surface area contributed by atoms with Crippen molar-refractivity contribution in [3.05, 3.63) is 26.5 Å². The minimum Gasteiger partial charge on any atom is -0.378 e.